The van der Waals surface area contributed by atoms with Crippen LogP contribution >= 0.6 is 0 Å². The van der Waals surface area contributed by atoms with Gasteiger partial charge in [0, 0.05) is 18.4 Å². The monoisotopic (exact) mass is 178 g/mol. The van der Waals surface area contributed by atoms with E-state index in [0.717, 1.165) is 12.5 Å². The molecule has 2 heteroatoms. The molecule has 0 spiro atoms. The average molecular weight is 178 g/mol. The van der Waals surface area contributed by atoms with E-state index in [-0.39, 0.29) is 0 Å². The van der Waals surface area contributed by atoms with Gasteiger partial charge >= 0.3 is 0 Å². The molecule has 1 saturated carbocycles. The van der Waals surface area contributed by atoms with E-state index >= 15 is 0 Å². The maximum atomic E-state index is 3.46. The number of hydrogen-bond donors (Lipinski definition) is 2. The van der Waals surface area contributed by atoms with Gasteiger partial charge in [0.05, 0.1) is 0 Å². The zero-order valence-electron chi connectivity index (χ0n) is 8.05. The van der Waals surface area contributed by atoms with E-state index in [1.54, 1.807) is 0 Å². The van der Waals surface area contributed by atoms with Crippen molar-refractivity contribution in [1.29, 1.82) is 0 Å². The maximum absolute atomic E-state index is 3.46. The van der Waals surface area contributed by atoms with Gasteiger partial charge < -0.3 is 10.3 Å². The lowest BCUT2D eigenvalue weighted by atomic mass is 9.83. The Hall–Kier alpha value is -0.760. The van der Waals surface area contributed by atoms with Crippen LogP contribution in [-0.4, -0.2) is 11.5 Å². The van der Waals surface area contributed by atoms with E-state index in [1.807, 2.05) is 12.3 Å². The summed E-state index contributed by atoms with van der Waals surface area (Å²) in [6.45, 7) is 2.16. The summed E-state index contributed by atoms with van der Waals surface area (Å²) in [7, 11) is 0. The smallest absolute Gasteiger partial charge is 0.0357 e. The van der Waals surface area contributed by atoms with E-state index in [0.29, 0.717) is 0 Å². The summed E-state index contributed by atoms with van der Waals surface area (Å²) in [5.74, 6) is 1.02. The van der Waals surface area contributed by atoms with Gasteiger partial charge in [-0.2, -0.15) is 0 Å². The molecule has 2 nitrogen and oxygen atoms in total. The van der Waals surface area contributed by atoms with E-state index in [2.05, 4.69) is 16.4 Å². The Morgan fingerprint density at radius 1 is 1.46 bits per heavy atom. The van der Waals surface area contributed by atoms with Crippen molar-refractivity contribution in [2.24, 2.45) is 5.92 Å². The lowest BCUT2D eigenvalue weighted by Crippen LogP contribution is -2.21. The number of aromatic nitrogens is 1. The fraction of sp³-hybridized carbons (Fsp3) is 0.636. The molecule has 0 aromatic carbocycles. The van der Waals surface area contributed by atoms with Gasteiger partial charge in [-0.1, -0.05) is 19.3 Å². The van der Waals surface area contributed by atoms with Crippen molar-refractivity contribution in [2.75, 3.05) is 6.54 Å². The summed E-state index contributed by atoms with van der Waals surface area (Å²) >= 11 is 0. The summed E-state index contributed by atoms with van der Waals surface area (Å²) in [6.07, 6.45) is 7.72. The minimum absolute atomic E-state index is 0.986. The first-order valence-corrected chi connectivity index (χ1v) is 5.28. The highest BCUT2D eigenvalue weighted by Crippen LogP contribution is 2.28. The molecule has 0 radical (unpaired) electrons. The van der Waals surface area contributed by atoms with Crippen LogP contribution in [0.1, 0.15) is 31.4 Å². The fourth-order valence-electron chi connectivity index (χ4n) is 1.79. The molecule has 2 N–H and O–H groups in total. The highest BCUT2D eigenvalue weighted by Gasteiger charge is 2.15. The highest BCUT2D eigenvalue weighted by atomic mass is 14.9. The molecule has 1 aromatic rings. The van der Waals surface area contributed by atoms with Gasteiger partial charge in [0.2, 0.25) is 0 Å². The second-order valence-corrected chi connectivity index (χ2v) is 3.96. The van der Waals surface area contributed by atoms with Crippen molar-refractivity contribution in [2.45, 2.75) is 32.2 Å². The summed E-state index contributed by atoms with van der Waals surface area (Å²) in [5, 5.41) is 3.46. The summed E-state index contributed by atoms with van der Waals surface area (Å²) < 4.78 is 0. The van der Waals surface area contributed by atoms with Crippen LogP contribution in [0.25, 0.3) is 0 Å². The molecular formula is C11H18N2. The molecule has 0 unspecified atom stereocenters. The molecule has 0 bridgehead atoms. The number of aromatic amines is 1. The predicted octanol–water partition coefficient (Wildman–Crippen LogP) is 2.29. The first kappa shape index (κ1) is 8.82. The Bertz CT molecular complexity index is 224. The maximum Gasteiger partial charge on any atom is 0.0357 e. The number of H-pyrrole nitrogens is 1. The minimum Gasteiger partial charge on any atom is -0.364 e. The average Bonchev–Trinajstić information content (AvgIpc) is 2.53. The van der Waals surface area contributed by atoms with Gasteiger partial charge in [-0.15, -0.1) is 0 Å². The molecule has 1 fully saturated rings. The van der Waals surface area contributed by atoms with Crippen molar-refractivity contribution in [3.63, 3.8) is 0 Å². The standard InChI is InChI=1S/C11H18N2/c1-3-10(4-1)6-8-12-9-11-5-2-7-13-11/h2,5,7,10,12-13H,1,3-4,6,8-9H2. The lowest BCUT2D eigenvalue weighted by molar-refractivity contribution is 0.292. The minimum atomic E-state index is 0.986. The second kappa shape index (κ2) is 4.47. The molecule has 0 atom stereocenters. The van der Waals surface area contributed by atoms with E-state index in [1.165, 1.54) is 37.9 Å². The van der Waals surface area contributed by atoms with Crippen LogP contribution < -0.4 is 5.32 Å². The molecule has 1 aliphatic carbocycles. The van der Waals surface area contributed by atoms with Crippen LogP contribution in [0.15, 0.2) is 18.3 Å². The predicted molar refractivity (Wildman–Crippen MR) is 54.5 cm³/mol. The summed E-state index contributed by atoms with van der Waals surface area (Å²) in [6, 6.07) is 4.17. The lowest BCUT2D eigenvalue weighted by Gasteiger charge is -2.25. The highest BCUT2D eigenvalue weighted by molar-refractivity contribution is 5.02. The van der Waals surface area contributed by atoms with Gasteiger partial charge in [0.25, 0.3) is 0 Å². The molecule has 72 valence electrons. The third kappa shape index (κ3) is 2.59. The largest absolute Gasteiger partial charge is 0.364 e. The Balaban J connectivity index is 1.53. The summed E-state index contributed by atoms with van der Waals surface area (Å²) in [5.41, 5.74) is 1.29. The van der Waals surface area contributed by atoms with Crippen molar-refractivity contribution in [3.05, 3.63) is 24.0 Å². The third-order valence-corrected chi connectivity index (χ3v) is 2.93. The normalized spacial score (nSPS) is 17.2. The Kier molecular flexibility index (Phi) is 3.03. The molecule has 1 aliphatic rings. The molecule has 13 heavy (non-hydrogen) atoms. The van der Waals surface area contributed by atoms with E-state index in [9.17, 15) is 0 Å². The van der Waals surface area contributed by atoms with Crippen molar-refractivity contribution >= 4 is 0 Å². The first-order chi connectivity index (χ1) is 6.45. The van der Waals surface area contributed by atoms with Gasteiger partial charge in [-0.25, -0.2) is 0 Å². The second-order valence-electron chi connectivity index (χ2n) is 3.96. The third-order valence-electron chi connectivity index (χ3n) is 2.93. The van der Waals surface area contributed by atoms with Crippen LogP contribution in [0.5, 0.6) is 0 Å². The van der Waals surface area contributed by atoms with Crippen molar-refractivity contribution < 1.29 is 0 Å². The van der Waals surface area contributed by atoms with Crippen LogP contribution in [0.3, 0.4) is 0 Å². The molecule has 0 aliphatic heterocycles. The Morgan fingerprint density at radius 3 is 3.00 bits per heavy atom. The van der Waals surface area contributed by atoms with Gasteiger partial charge in [-0.05, 0) is 31.0 Å². The Morgan fingerprint density at radius 2 is 2.38 bits per heavy atom. The van der Waals surface area contributed by atoms with Gasteiger partial charge in [0.15, 0.2) is 0 Å². The zero-order chi connectivity index (χ0) is 8.93. The fourth-order valence-corrected chi connectivity index (χ4v) is 1.79. The molecule has 1 heterocycles. The van der Waals surface area contributed by atoms with Gasteiger partial charge in [0.1, 0.15) is 0 Å². The molecule has 0 amide bonds. The zero-order valence-corrected chi connectivity index (χ0v) is 8.05. The van der Waals surface area contributed by atoms with Gasteiger partial charge in [-0.3, -0.25) is 0 Å². The van der Waals surface area contributed by atoms with Crippen LogP contribution in [0, 0.1) is 5.92 Å². The molecular weight excluding hydrogens is 160 g/mol. The van der Waals surface area contributed by atoms with Crippen LogP contribution in [0.2, 0.25) is 0 Å². The number of hydrogen-bond acceptors (Lipinski definition) is 1. The quantitative estimate of drug-likeness (QED) is 0.665. The molecule has 2 rings (SSSR count). The summed E-state index contributed by atoms with van der Waals surface area (Å²) in [4.78, 5) is 3.19. The number of nitrogens with one attached hydrogen (secondary N) is 2. The molecule has 1 aromatic heterocycles. The van der Waals surface area contributed by atoms with Crippen molar-refractivity contribution in [3.8, 4) is 0 Å². The van der Waals surface area contributed by atoms with Crippen molar-refractivity contribution in [1.82, 2.24) is 10.3 Å². The van der Waals surface area contributed by atoms with E-state index in [4.69, 9.17) is 0 Å². The SMILES string of the molecule is c1c[nH]c(CNCCC2CCC2)c1. The topological polar surface area (TPSA) is 27.8 Å². The van der Waals surface area contributed by atoms with Crippen LogP contribution in [-0.2, 0) is 6.54 Å². The Labute approximate surface area is 79.7 Å². The molecule has 0 saturated heterocycles. The van der Waals surface area contributed by atoms with Crippen LogP contribution in [0.4, 0.5) is 0 Å². The van der Waals surface area contributed by atoms with E-state index < -0.39 is 0 Å². The number of rotatable bonds is 5. The first-order valence-electron chi connectivity index (χ1n) is 5.28.